The quantitative estimate of drug-likeness (QED) is 0.677. The molecule has 0 saturated carbocycles. The van der Waals surface area contributed by atoms with Gasteiger partial charge >= 0.3 is 0 Å². The lowest BCUT2D eigenvalue weighted by atomic mass is 10.1. The summed E-state index contributed by atoms with van der Waals surface area (Å²) >= 11 is 3.46. The largest absolute Gasteiger partial charge is 0.353 e. The van der Waals surface area contributed by atoms with Gasteiger partial charge in [0.1, 0.15) is 17.0 Å². The maximum atomic E-state index is 12.7. The number of carbonyl (C=O) groups excluding carboxylic acids is 1. The van der Waals surface area contributed by atoms with Crippen LogP contribution < -0.4 is 4.90 Å². The second kappa shape index (κ2) is 7.18. The second-order valence-electron chi connectivity index (χ2n) is 7.03. The third-order valence-electron chi connectivity index (χ3n) is 5.43. The summed E-state index contributed by atoms with van der Waals surface area (Å²) in [4.78, 5) is 30.7. The van der Waals surface area contributed by atoms with Crippen molar-refractivity contribution in [2.24, 2.45) is 0 Å². The maximum Gasteiger partial charge on any atom is 0.237 e. The Balaban J connectivity index is 1.19. The lowest BCUT2D eigenvalue weighted by Crippen LogP contribution is -2.50. The molecule has 3 aromatic heterocycles. The fourth-order valence-corrected chi connectivity index (χ4v) is 5.52. The average Bonchev–Trinajstić information content (AvgIpc) is 3.37. The van der Waals surface area contributed by atoms with Crippen molar-refractivity contribution in [1.29, 1.82) is 0 Å². The van der Waals surface area contributed by atoms with Crippen molar-refractivity contribution in [1.82, 2.24) is 19.8 Å². The van der Waals surface area contributed by atoms with Gasteiger partial charge in [0, 0.05) is 44.1 Å². The van der Waals surface area contributed by atoms with Crippen molar-refractivity contribution in [3.63, 3.8) is 0 Å². The van der Waals surface area contributed by atoms with Crippen LogP contribution in [0.25, 0.3) is 10.2 Å². The van der Waals surface area contributed by atoms with E-state index in [0.29, 0.717) is 6.54 Å². The minimum absolute atomic E-state index is 0.252. The molecule has 0 N–H and O–H groups in total. The Kier molecular flexibility index (Phi) is 4.55. The molecule has 1 saturated heterocycles. The molecule has 6 nitrogen and oxygen atoms in total. The van der Waals surface area contributed by atoms with Crippen molar-refractivity contribution in [2.45, 2.75) is 13.0 Å². The summed E-state index contributed by atoms with van der Waals surface area (Å²) in [5, 5.41) is 5.33. The number of amides is 1. The molecule has 8 heteroatoms. The topological polar surface area (TPSA) is 52.6 Å². The zero-order valence-corrected chi connectivity index (χ0v) is 16.6. The molecule has 0 unspecified atom stereocenters. The van der Waals surface area contributed by atoms with Gasteiger partial charge in [-0.1, -0.05) is 0 Å². The summed E-state index contributed by atoms with van der Waals surface area (Å²) in [6, 6.07) is 4.26. The van der Waals surface area contributed by atoms with E-state index in [2.05, 4.69) is 42.7 Å². The lowest BCUT2D eigenvalue weighted by molar-refractivity contribution is -0.133. The van der Waals surface area contributed by atoms with Gasteiger partial charge in [-0.2, -0.15) is 0 Å². The van der Waals surface area contributed by atoms with Crippen LogP contribution in [-0.4, -0.2) is 64.9 Å². The molecule has 27 heavy (non-hydrogen) atoms. The summed E-state index contributed by atoms with van der Waals surface area (Å²) in [7, 11) is 0. The van der Waals surface area contributed by atoms with Gasteiger partial charge in [0.15, 0.2) is 0 Å². The Morgan fingerprint density at radius 3 is 2.78 bits per heavy atom. The third kappa shape index (κ3) is 3.33. The first-order chi connectivity index (χ1) is 13.3. The molecule has 0 aliphatic carbocycles. The number of fused-ring (bicyclic) bond motifs is 2. The van der Waals surface area contributed by atoms with Crippen molar-refractivity contribution >= 4 is 44.6 Å². The maximum absolute atomic E-state index is 12.7. The third-order valence-corrected chi connectivity index (χ3v) is 7.28. The van der Waals surface area contributed by atoms with E-state index in [4.69, 9.17) is 0 Å². The number of thiophene rings is 2. The molecule has 1 amide bonds. The van der Waals surface area contributed by atoms with E-state index in [1.165, 1.54) is 10.4 Å². The Morgan fingerprint density at radius 2 is 1.89 bits per heavy atom. The summed E-state index contributed by atoms with van der Waals surface area (Å²) in [6.07, 6.45) is 2.65. The molecule has 3 aromatic rings. The molecule has 5 heterocycles. The normalized spacial score (nSPS) is 18.1. The van der Waals surface area contributed by atoms with Gasteiger partial charge in [0.05, 0.1) is 11.9 Å². The minimum atomic E-state index is 0.252. The van der Waals surface area contributed by atoms with Crippen LogP contribution in [0.3, 0.4) is 0 Å². The number of hydrogen-bond acceptors (Lipinski definition) is 7. The molecular formula is C19H21N5OS2. The van der Waals surface area contributed by atoms with Gasteiger partial charge < -0.3 is 9.80 Å². The SMILES string of the molecule is O=C(CN1CCN(c2ncnc3sccc23)CC1)N1CCc2sccc2C1. The number of carbonyl (C=O) groups is 1. The monoisotopic (exact) mass is 399 g/mol. The second-order valence-corrected chi connectivity index (χ2v) is 8.93. The van der Waals surface area contributed by atoms with Gasteiger partial charge in [-0.25, -0.2) is 9.97 Å². The summed E-state index contributed by atoms with van der Waals surface area (Å²) in [5.41, 5.74) is 1.33. The van der Waals surface area contributed by atoms with Crippen molar-refractivity contribution in [2.75, 3.05) is 44.2 Å². The zero-order valence-electron chi connectivity index (χ0n) is 15.0. The Labute approximate surface area is 166 Å². The van der Waals surface area contributed by atoms with Gasteiger partial charge in [0.2, 0.25) is 5.91 Å². The number of aromatic nitrogens is 2. The highest BCUT2D eigenvalue weighted by atomic mass is 32.1. The number of rotatable bonds is 3. The van der Waals surface area contributed by atoms with Crippen molar-refractivity contribution in [3.05, 3.63) is 39.7 Å². The van der Waals surface area contributed by atoms with Gasteiger partial charge in [-0.05, 0) is 34.9 Å². The number of piperazine rings is 1. The van der Waals surface area contributed by atoms with Crippen LogP contribution in [0.2, 0.25) is 0 Å². The first-order valence-corrected chi connectivity index (χ1v) is 11.0. The van der Waals surface area contributed by atoms with Crippen LogP contribution in [0, 0.1) is 0 Å². The minimum Gasteiger partial charge on any atom is -0.353 e. The Bertz CT molecular complexity index is 960. The molecule has 5 rings (SSSR count). The molecule has 0 bridgehead atoms. The number of nitrogens with zero attached hydrogens (tertiary/aromatic N) is 5. The first kappa shape index (κ1) is 17.1. The van der Waals surface area contributed by atoms with E-state index in [-0.39, 0.29) is 5.91 Å². The highest BCUT2D eigenvalue weighted by molar-refractivity contribution is 7.16. The van der Waals surface area contributed by atoms with E-state index in [1.807, 2.05) is 16.2 Å². The van der Waals surface area contributed by atoms with Crippen LogP contribution in [0.15, 0.2) is 29.2 Å². The number of anilines is 1. The zero-order chi connectivity index (χ0) is 18.2. The Morgan fingerprint density at radius 1 is 1.04 bits per heavy atom. The van der Waals surface area contributed by atoms with Crippen LogP contribution in [0.5, 0.6) is 0 Å². The fourth-order valence-electron chi connectivity index (χ4n) is 3.90. The van der Waals surface area contributed by atoms with E-state index in [0.717, 1.165) is 61.7 Å². The van der Waals surface area contributed by atoms with Crippen molar-refractivity contribution in [3.8, 4) is 0 Å². The molecule has 2 aliphatic rings. The first-order valence-electron chi connectivity index (χ1n) is 9.26. The molecule has 1 fully saturated rings. The molecule has 0 radical (unpaired) electrons. The van der Waals surface area contributed by atoms with Crippen LogP contribution in [0.4, 0.5) is 5.82 Å². The fraction of sp³-hybridized carbons (Fsp3) is 0.421. The van der Waals surface area contributed by atoms with E-state index < -0.39 is 0 Å². The number of hydrogen-bond donors (Lipinski definition) is 0. The Hall–Kier alpha value is -2.03. The predicted octanol–water partition coefficient (Wildman–Crippen LogP) is 2.46. The van der Waals surface area contributed by atoms with E-state index in [9.17, 15) is 4.79 Å². The molecular weight excluding hydrogens is 378 g/mol. The lowest BCUT2D eigenvalue weighted by Gasteiger charge is -2.36. The van der Waals surface area contributed by atoms with Crippen LogP contribution in [-0.2, 0) is 17.8 Å². The average molecular weight is 400 g/mol. The van der Waals surface area contributed by atoms with E-state index in [1.54, 1.807) is 17.7 Å². The molecule has 0 aromatic carbocycles. The summed E-state index contributed by atoms with van der Waals surface area (Å²) < 4.78 is 0. The van der Waals surface area contributed by atoms with Gasteiger partial charge in [-0.3, -0.25) is 9.69 Å². The van der Waals surface area contributed by atoms with Crippen LogP contribution in [0.1, 0.15) is 10.4 Å². The molecule has 2 aliphatic heterocycles. The standard InChI is InChI=1S/C19H21N5OS2/c25-17(24-4-1-16-14(11-24)2-9-26-16)12-22-5-7-23(8-6-22)18-15-3-10-27-19(15)21-13-20-18/h2-3,9-10,13H,1,4-8,11-12H2. The highest BCUT2D eigenvalue weighted by Gasteiger charge is 2.26. The van der Waals surface area contributed by atoms with Gasteiger partial charge in [-0.15, -0.1) is 22.7 Å². The summed E-state index contributed by atoms with van der Waals surface area (Å²) in [5.74, 6) is 1.27. The molecule has 0 spiro atoms. The van der Waals surface area contributed by atoms with Crippen molar-refractivity contribution < 1.29 is 4.79 Å². The predicted molar refractivity (Wildman–Crippen MR) is 110 cm³/mol. The smallest absolute Gasteiger partial charge is 0.237 e. The highest BCUT2D eigenvalue weighted by Crippen LogP contribution is 2.27. The molecule has 0 atom stereocenters. The van der Waals surface area contributed by atoms with E-state index >= 15 is 0 Å². The van der Waals surface area contributed by atoms with Crippen LogP contribution >= 0.6 is 22.7 Å². The molecule has 140 valence electrons. The van der Waals surface area contributed by atoms with Gasteiger partial charge in [0.25, 0.3) is 0 Å². The summed E-state index contributed by atoms with van der Waals surface area (Å²) in [6.45, 7) is 5.70.